The minimum atomic E-state index is -1.54. The lowest BCUT2D eigenvalue weighted by atomic mass is 10.1. The van der Waals surface area contributed by atoms with Gasteiger partial charge in [-0.15, -0.1) is 0 Å². The number of carbonyl (C=O) groups is 2. The van der Waals surface area contributed by atoms with E-state index in [9.17, 15) is 9.59 Å². The summed E-state index contributed by atoms with van der Waals surface area (Å²) in [5, 5.41) is 16.3. The van der Waals surface area contributed by atoms with Gasteiger partial charge in [0.15, 0.2) is 0 Å². The minimum Gasteiger partial charge on any atom is -0.480 e. The molecule has 0 aliphatic heterocycles. The molecular weight excluding hydrogens is 164 g/mol. The minimum absolute atomic E-state index is 1.42. The van der Waals surface area contributed by atoms with Crippen LogP contribution in [-0.4, -0.2) is 34.2 Å². The van der Waals surface area contributed by atoms with E-state index in [2.05, 4.69) is 0 Å². The summed E-state index contributed by atoms with van der Waals surface area (Å²) >= 11 is 0. The zero-order valence-electron chi connectivity index (χ0n) is 7.02. The Kier molecular flexibility index (Phi) is 7.36. The zero-order chi connectivity index (χ0) is 10.3. The third-order valence-corrected chi connectivity index (χ3v) is 0.957. The van der Waals surface area contributed by atoms with E-state index >= 15 is 0 Å². The maximum atomic E-state index is 9.98. The summed E-state index contributed by atoms with van der Waals surface area (Å²) in [6.07, 6.45) is 0. The molecule has 2 atom stereocenters. The average Bonchev–Trinajstić information content (AvgIpc) is 2.05. The van der Waals surface area contributed by atoms with Crippen LogP contribution in [0.2, 0.25) is 0 Å². The van der Waals surface area contributed by atoms with Crippen LogP contribution in [0.1, 0.15) is 13.8 Å². The maximum absolute atomic E-state index is 9.98. The van der Waals surface area contributed by atoms with E-state index in [0.29, 0.717) is 0 Å². The predicted molar refractivity (Wildman–Crippen MR) is 42.6 cm³/mol. The van der Waals surface area contributed by atoms with Crippen LogP contribution in [0.5, 0.6) is 0 Å². The van der Waals surface area contributed by atoms with Crippen molar-refractivity contribution in [3.63, 3.8) is 0 Å². The van der Waals surface area contributed by atoms with Crippen molar-refractivity contribution in [2.45, 2.75) is 25.9 Å². The van der Waals surface area contributed by atoms with Crippen molar-refractivity contribution in [1.82, 2.24) is 0 Å². The molecule has 0 spiro atoms. The van der Waals surface area contributed by atoms with Crippen molar-refractivity contribution in [3.8, 4) is 0 Å². The molecule has 6 nitrogen and oxygen atoms in total. The second-order valence-corrected chi connectivity index (χ2v) is 1.73. The molecule has 72 valence electrons. The lowest BCUT2D eigenvalue weighted by molar-refractivity contribution is -0.146. The van der Waals surface area contributed by atoms with Crippen molar-refractivity contribution in [2.24, 2.45) is 11.5 Å². The van der Waals surface area contributed by atoms with Crippen LogP contribution in [0, 0.1) is 0 Å². The van der Waals surface area contributed by atoms with E-state index in [1.807, 2.05) is 13.8 Å². The Labute approximate surface area is 70.2 Å². The van der Waals surface area contributed by atoms with Gasteiger partial charge in [0.25, 0.3) is 0 Å². The molecule has 0 saturated heterocycles. The first kappa shape index (κ1) is 13.4. The van der Waals surface area contributed by atoms with Crippen molar-refractivity contribution in [3.05, 3.63) is 0 Å². The lowest BCUT2D eigenvalue weighted by Gasteiger charge is -2.09. The van der Waals surface area contributed by atoms with Gasteiger partial charge < -0.3 is 21.7 Å². The van der Waals surface area contributed by atoms with Gasteiger partial charge in [0.05, 0.1) is 0 Å². The van der Waals surface area contributed by atoms with Crippen LogP contribution in [-0.2, 0) is 9.59 Å². The highest BCUT2D eigenvalue weighted by molar-refractivity contribution is 5.84. The van der Waals surface area contributed by atoms with Crippen LogP contribution in [0.15, 0.2) is 0 Å². The largest absolute Gasteiger partial charge is 0.480 e. The highest BCUT2D eigenvalue weighted by atomic mass is 16.4. The fraction of sp³-hybridized carbons (Fsp3) is 0.667. The van der Waals surface area contributed by atoms with Gasteiger partial charge in [0, 0.05) is 0 Å². The molecule has 12 heavy (non-hydrogen) atoms. The van der Waals surface area contributed by atoms with Gasteiger partial charge in [-0.1, -0.05) is 13.8 Å². The number of rotatable bonds is 3. The second-order valence-electron chi connectivity index (χ2n) is 1.73. The molecule has 0 aliphatic carbocycles. The summed E-state index contributed by atoms with van der Waals surface area (Å²) in [7, 11) is 0. The van der Waals surface area contributed by atoms with Crippen LogP contribution in [0.3, 0.4) is 0 Å². The Morgan fingerprint density at radius 3 is 1.25 bits per heavy atom. The molecule has 0 aliphatic rings. The standard InChI is InChI=1S/C4H8N2O4.C2H6/c5-1(3(7)8)2(6)4(9)10;1-2/h1-2H,5-6H2,(H,7,8)(H,9,10);1-2H3. The smallest absolute Gasteiger partial charge is 0.322 e. The third kappa shape index (κ3) is 4.64. The lowest BCUT2D eigenvalue weighted by Crippen LogP contribution is -2.51. The highest BCUT2D eigenvalue weighted by Gasteiger charge is 2.26. The molecule has 0 aromatic heterocycles. The summed E-state index contributed by atoms with van der Waals surface area (Å²) in [6, 6.07) is -3.09. The van der Waals surface area contributed by atoms with E-state index < -0.39 is 24.0 Å². The molecule has 2 unspecified atom stereocenters. The molecule has 0 radical (unpaired) electrons. The second kappa shape index (κ2) is 6.56. The van der Waals surface area contributed by atoms with Crippen molar-refractivity contribution < 1.29 is 19.8 Å². The zero-order valence-corrected chi connectivity index (χ0v) is 7.02. The molecule has 6 heteroatoms. The molecule has 0 fully saturated rings. The number of nitrogens with two attached hydrogens (primary N) is 2. The SMILES string of the molecule is CC.NC(C(=O)O)C(N)C(=O)O. The molecular formula is C6H14N2O4. The Morgan fingerprint density at radius 2 is 1.17 bits per heavy atom. The monoisotopic (exact) mass is 178 g/mol. The molecule has 0 heterocycles. The molecule has 0 saturated carbocycles. The number of carboxylic acid groups (broad SMARTS) is 2. The van der Waals surface area contributed by atoms with Gasteiger partial charge in [0.2, 0.25) is 0 Å². The summed E-state index contributed by atoms with van der Waals surface area (Å²) in [5.41, 5.74) is 9.71. The Hall–Kier alpha value is -1.14. The quantitative estimate of drug-likeness (QED) is 0.431. The van der Waals surface area contributed by atoms with E-state index in [4.69, 9.17) is 21.7 Å². The first-order valence-electron chi connectivity index (χ1n) is 3.43. The van der Waals surface area contributed by atoms with Gasteiger partial charge in [-0.25, -0.2) is 0 Å². The van der Waals surface area contributed by atoms with Crippen molar-refractivity contribution in [1.29, 1.82) is 0 Å². The Bertz CT molecular complexity index is 142. The predicted octanol–water partition coefficient (Wildman–Crippen LogP) is -1.16. The van der Waals surface area contributed by atoms with Gasteiger partial charge in [-0.05, 0) is 0 Å². The van der Waals surface area contributed by atoms with Crippen LogP contribution < -0.4 is 11.5 Å². The van der Waals surface area contributed by atoms with E-state index in [-0.39, 0.29) is 0 Å². The number of aliphatic carboxylic acids is 2. The molecule has 0 amide bonds. The topological polar surface area (TPSA) is 127 Å². The number of carboxylic acids is 2. The average molecular weight is 178 g/mol. The van der Waals surface area contributed by atoms with Crippen molar-refractivity contribution in [2.75, 3.05) is 0 Å². The van der Waals surface area contributed by atoms with Gasteiger partial charge in [0.1, 0.15) is 12.1 Å². The van der Waals surface area contributed by atoms with Crippen molar-refractivity contribution >= 4 is 11.9 Å². The molecule has 6 N–H and O–H groups in total. The summed E-state index contributed by atoms with van der Waals surface area (Å²) < 4.78 is 0. The van der Waals surface area contributed by atoms with E-state index in [0.717, 1.165) is 0 Å². The van der Waals surface area contributed by atoms with Crippen LogP contribution in [0.4, 0.5) is 0 Å². The van der Waals surface area contributed by atoms with Gasteiger partial charge in [-0.2, -0.15) is 0 Å². The summed E-state index contributed by atoms with van der Waals surface area (Å²) in [4.78, 5) is 20.0. The van der Waals surface area contributed by atoms with Crippen LogP contribution >= 0.6 is 0 Å². The van der Waals surface area contributed by atoms with Gasteiger partial charge in [-0.3, -0.25) is 9.59 Å². The number of hydrogen-bond acceptors (Lipinski definition) is 4. The third-order valence-electron chi connectivity index (χ3n) is 0.957. The fourth-order valence-electron chi connectivity index (χ4n) is 0.307. The summed E-state index contributed by atoms with van der Waals surface area (Å²) in [5.74, 6) is -2.84. The first-order valence-corrected chi connectivity index (χ1v) is 3.43. The summed E-state index contributed by atoms with van der Waals surface area (Å²) in [6.45, 7) is 4.00. The maximum Gasteiger partial charge on any atom is 0.322 e. The first-order chi connectivity index (χ1) is 5.46. The Balaban J connectivity index is 0. The van der Waals surface area contributed by atoms with Crippen LogP contribution in [0.25, 0.3) is 0 Å². The van der Waals surface area contributed by atoms with Gasteiger partial charge >= 0.3 is 11.9 Å². The van der Waals surface area contributed by atoms with E-state index in [1.165, 1.54) is 0 Å². The molecule has 0 aromatic carbocycles. The normalized spacial score (nSPS) is 13.7. The number of hydrogen-bond donors (Lipinski definition) is 4. The molecule has 0 rings (SSSR count). The molecule has 0 aromatic rings. The molecule has 0 bridgehead atoms. The highest BCUT2D eigenvalue weighted by Crippen LogP contribution is 1.86. The van der Waals surface area contributed by atoms with E-state index in [1.54, 1.807) is 0 Å². The Morgan fingerprint density at radius 1 is 1.00 bits per heavy atom. The fourth-order valence-corrected chi connectivity index (χ4v) is 0.307.